The number of ether oxygens (including phenoxy) is 1. The maximum atomic E-state index is 12.8. The first-order valence-corrected chi connectivity index (χ1v) is 10.5. The van der Waals surface area contributed by atoms with Gasteiger partial charge in [-0.15, -0.1) is 0 Å². The van der Waals surface area contributed by atoms with Crippen LogP contribution in [0.25, 0.3) is 0 Å². The number of rotatable bonds is 6. The smallest absolute Gasteiger partial charge is 0.253 e. The molecule has 1 atom stereocenters. The lowest BCUT2D eigenvalue weighted by Crippen LogP contribution is -2.41. The van der Waals surface area contributed by atoms with E-state index in [0.29, 0.717) is 41.1 Å². The van der Waals surface area contributed by atoms with Gasteiger partial charge in [0.15, 0.2) is 0 Å². The predicted octanol–water partition coefficient (Wildman–Crippen LogP) is 4.16. The maximum absolute atomic E-state index is 12.8. The van der Waals surface area contributed by atoms with Crippen molar-refractivity contribution in [3.8, 4) is 5.75 Å². The zero-order chi connectivity index (χ0) is 20.2. The molecule has 1 heterocycles. The van der Waals surface area contributed by atoms with E-state index >= 15 is 0 Å². The summed E-state index contributed by atoms with van der Waals surface area (Å²) in [6.45, 7) is 1.93. The fourth-order valence-electron chi connectivity index (χ4n) is 3.63. The Morgan fingerprint density at radius 1 is 1.07 bits per heavy atom. The minimum Gasteiger partial charge on any atom is -0.493 e. The lowest BCUT2D eigenvalue weighted by molar-refractivity contribution is 0.0633. The summed E-state index contributed by atoms with van der Waals surface area (Å²) in [7, 11) is 0. The Kier molecular flexibility index (Phi) is 6.05. The molecule has 1 saturated carbocycles. The second kappa shape index (κ2) is 8.87. The van der Waals surface area contributed by atoms with Crippen LogP contribution in [-0.4, -0.2) is 42.5 Å². The van der Waals surface area contributed by atoms with Crippen molar-refractivity contribution in [1.82, 2.24) is 10.2 Å². The zero-order valence-corrected chi connectivity index (χ0v) is 17.0. The highest BCUT2D eigenvalue weighted by Gasteiger charge is 2.26. The fourth-order valence-corrected chi connectivity index (χ4v) is 3.82. The third-order valence-electron chi connectivity index (χ3n) is 5.37. The van der Waals surface area contributed by atoms with E-state index < -0.39 is 0 Å². The fraction of sp³-hybridized carbons (Fsp3) is 0.391. The zero-order valence-electron chi connectivity index (χ0n) is 16.3. The van der Waals surface area contributed by atoms with Crippen LogP contribution < -0.4 is 10.1 Å². The van der Waals surface area contributed by atoms with Gasteiger partial charge in [-0.25, -0.2) is 0 Å². The molecule has 2 fully saturated rings. The Bertz CT molecular complexity index is 897. The first kappa shape index (κ1) is 19.8. The van der Waals surface area contributed by atoms with Gasteiger partial charge in [-0.2, -0.15) is 0 Å². The van der Waals surface area contributed by atoms with Gasteiger partial charge in [-0.1, -0.05) is 23.7 Å². The molecule has 2 aromatic rings. The molecule has 0 radical (unpaired) electrons. The molecule has 29 heavy (non-hydrogen) atoms. The molecule has 0 bridgehead atoms. The Hall–Kier alpha value is -2.53. The minimum atomic E-state index is -0.0473. The first-order valence-electron chi connectivity index (χ1n) is 10.2. The molecule has 1 aliphatic carbocycles. The molecule has 6 heteroatoms. The average Bonchev–Trinajstić information content (AvgIpc) is 3.56. The molecule has 0 aromatic heterocycles. The summed E-state index contributed by atoms with van der Waals surface area (Å²) in [5.74, 6) is 0.910. The van der Waals surface area contributed by atoms with E-state index in [0.717, 1.165) is 32.2 Å². The third-order valence-corrected chi connectivity index (χ3v) is 5.61. The number of hydrogen-bond donors (Lipinski definition) is 1. The minimum absolute atomic E-state index is 0.0101. The maximum Gasteiger partial charge on any atom is 0.253 e. The van der Waals surface area contributed by atoms with Crippen molar-refractivity contribution in [1.29, 1.82) is 0 Å². The molecule has 1 saturated heterocycles. The lowest BCUT2D eigenvalue weighted by atomic mass is 9.98. The van der Waals surface area contributed by atoms with Crippen molar-refractivity contribution >= 4 is 23.4 Å². The predicted molar refractivity (Wildman–Crippen MR) is 113 cm³/mol. The van der Waals surface area contributed by atoms with E-state index in [1.165, 1.54) is 0 Å². The van der Waals surface area contributed by atoms with Crippen LogP contribution in [0.3, 0.4) is 0 Å². The van der Waals surface area contributed by atoms with Crippen molar-refractivity contribution in [2.75, 3.05) is 19.7 Å². The van der Waals surface area contributed by atoms with Gasteiger partial charge < -0.3 is 15.0 Å². The van der Waals surface area contributed by atoms with Crippen LogP contribution in [0.5, 0.6) is 5.75 Å². The normalized spacial score (nSPS) is 18.9. The van der Waals surface area contributed by atoms with Crippen LogP contribution in [0.2, 0.25) is 5.02 Å². The van der Waals surface area contributed by atoms with Crippen LogP contribution >= 0.6 is 11.6 Å². The molecule has 0 unspecified atom stereocenters. The van der Waals surface area contributed by atoms with Crippen LogP contribution in [0.1, 0.15) is 46.4 Å². The number of benzene rings is 2. The van der Waals surface area contributed by atoms with Crippen LogP contribution in [0, 0.1) is 5.92 Å². The van der Waals surface area contributed by atoms with E-state index in [-0.39, 0.29) is 17.7 Å². The highest BCUT2D eigenvalue weighted by Crippen LogP contribution is 2.23. The van der Waals surface area contributed by atoms with E-state index in [1.54, 1.807) is 36.4 Å². The van der Waals surface area contributed by atoms with Gasteiger partial charge in [0.2, 0.25) is 0 Å². The van der Waals surface area contributed by atoms with Gasteiger partial charge in [0.1, 0.15) is 5.75 Å². The molecule has 0 spiro atoms. The molecule has 152 valence electrons. The highest BCUT2D eigenvalue weighted by atomic mass is 35.5. The number of carbonyl (C=O) groups excluding carboxylic acids is 2. The summed E-state index contributed by atoms with van der Waals surface area (Å²) in [5.41, 5.74) is 1.24. The van der Waals surface area contributed by atoms with E-state index in [1.807, 2.05) is 17.0 Å². The molecule has 1 N–H and O–H groups in total. The molecule has 4 rings (SSSR count). The summed E-state index contributed by atoms with van der Waals surface area (Å²) in [6, 6.07) is 14.7. The lowest BCUT2D eigenvalue weighted by Gasteiger charge is -2.32. The summed E-state index contributed by atoms with van der Waals surface area (Å²) in [6.07, 6.45) is 4.09. The molecule has 2 amide bonds. The topological polar surface area (TPSA) is 58.6 Å². The first-order chi connectivity index (χ1) is 14.1. The van der Waals surface area contributed by atoms with Gasteiger partial charge in [0, 0.05) is 41.2 Å². The number of halogens is 1. The molecular weight excluding hydrogens is 388 g/mol. The van der Waals surface area contributed by atoms with Crippen molar-refractivity contribution in [2.24, 2.45) is 5.92 Å². The Morgan fingerprint density at radius 2 is 1.86 bits per heavy atom. The number of hydrogen-bond acceptors (Lipinski definition) is 3. The molecule has 2 aliphatic rings. The summed E-state index contributed by atoms with van der Waals surface area (Å²) in [4.78, 5) is 26.9. The van der Waals surface area contributed by atoms with Crippen molar-refractivity contribution < 1.29 is 14.3 Å². The van der Waals surface area contributed by atoms with E-state index in [2.05, 4.69) is 5.32 Å². The number of amides is 2. The molecular formula is C23H25ClN2O3. The van der Waals surface area contributed by atoms with E-state index in [9.17, 15) is 9.59 Å². The van der Waals surface area contributed by atoms with Gasteiger partial charge in [0.25, 0.3) is 11.8 Å². The number of carbonyl (C=O) groups is 2. The number of nitrogens with zero attached hydrogens (tertiary/aromatic N) is 1. The van der Waals surface area contributed by atoms with Crippen LogP contribution in [0.15, 0.2) is 48.5 Å². The Balaban J connectivity index is 1.33. The molecule has 2 aromatic carbocycles. The van der Waals surface area contributed by atoms with Gasteiger partial charge in [-0.05, 0) is 62.1 Å². The SMILES string of the molecule is O=C(NC1CC1)c1cccc(OC[C@H]2CCCN(C(=O)c3cccc(Cl)c3)C2)c1. The quantitative estimate of drug-likeness (QED) is 0.774. The highest BCUT2D eigenvalue weighted by molar-refractivity contribution is 6.30. The third kappa shape index (κ3) is 5.30. The van der Waals surface area contributed by atoms with Gasteiger partial charge >= 0.3 is 0 Å². The number of nitrogens with one attached hydrogen (secondary N) is 1. The van der Waals surface area contributed by atoms with Crippen LogP contribution in [-0.2, 0) is 0 Å². The van der Waals surface area contributed by atoms with Crippen molar-refractivity contribution in [3.63, 3.8) is 0 Å². The Labute approximate surface area is 176 Å². The van der Waals surface area contributed by atoms with E-state index in [4.69, 9.17) is 16.3 Å². The largest absolute Gasteiger partial charge is 0.493 e. The standard InChI is InChI=1S/C23H25ClN2O3/c24-19-7-1-6-18(12-19)23(28)26-11-3-4-16(14-26)15-29-21-8-2-5-17(13-21)22(27)25-20-9-10-20/h1-2,5-8,12-13,16,20H,3-4,9-11,14-15H2,(H,25,27)/t16-/m0/s1. The monoisotopic (exact) mass is 412 g/mol. The Morgan fingerprint density at radius 3 is 2.66 bits per heavy atom. The molecule has 5 nitrogen and oxygen atoms in total. The second-order valence-corrected chi connectivity index (χ2v) is 8.29. The summed E-state index contributed by atoms with van der Waals surface area (Å²) >= 11 is 6.02. The number of piperidine rings is 1. The van der Waals surface area contributed by atoms with Crippen LogP contribution in [0.4, 0.5) is 0 Å². The second-order valence-electron chi connectivity index (χ2n) is 7.86. The number of likely N-dealkylation sites (tertiary alicyclic amines) is 1. The van der Waals surface area contributed by atoms with Gasteiger partial charge in [0.05, 0.1) is 6.61 Å². The van der Waals surface area contributed by atoms with Crippen molar-refractivity contribution in [2.45, 2.75) is 31.7 Å². The van der Waals surface area contributed by atoms with Gasteiger partial charge in [-0.3, -0.25) is 9.59 Å². The summed E-state index contributed by atoms with van der Waals surface area (Å²) in [5, 5.41) is 3.56. The molecule has 1 aliphatic heterocycles. The van der Waals surface area contributed by atoms with Crippen molar-refractivity contribution in [3.05, 3.63) is 64.7 Å². The summed E-state index contributed by atoms with van der Waals surface area (Å²) < 4.78 is 5.97. The average molecular weight is 413 g/mol.